The van der Waals surface area contributed by atoms with E-state index in [-0.39, 0.29) is 11.7 Å². The molecule has 0 spiro atoms. The quantitative estimate of drug-likeness (QED) is 0.557. The summed E-state index contributed by atoms with van der Waals surface area (Å²) in [4.78, 5) is 17.4. The highest BCUT2D eigenvalue weighted by molar-refractivity contribution is 5.74. The fourth-order valence-electron chi connectivity index (χ4n) is 4.65. The van der Waals surface area contributed by atoms with Crippen molar-refractivity contribution < 1.29 is 9.47 Å². The molecule has 3 aromatic rings. The molecule has 0 fully saturated rings. The SMILES string of the molecule is CCOc1cc2c(cc1OCC)-c1cc(Nc3c(C)cc(C)cc3C)nc(=O)n1C(C)C2. The van der Waals surface area contributed by atoms with Gasteiger partial charge in [0.2, 0.25) is 0 Å². The number of nitrogens with zero attached hydrogens (tertiary/aromatic N) is 2. The van der Waals surface area contributed by atoms with Crippen LogP contribution in [0.3, 0.4) is 0 Å². The van der Waals surface area contributed by atoms with Crippen LogP contribution in [0.15, 0.2) is 35.1 Å². The minimum absolute atomic E-state index is 0.00168. The normalized spacial score (nSPS) is 14.5. The van der Waals surface area contributed by atoms with Crippen molar-refractivity contribution in [1.82, 2.24) is 9.55 Å². The predicted octanol–water partition coefficient (Wildman–Crippen LogP) is 5.49. The average molecular weight is 434 g/mol. The van der Waals surface area contributed by atoms with Crippen molar-refractivity contribution in [2.75, 3.05) is 18.5 Å². The van der Waals surface area contributed by atoms with Crippen LogP contribution in [0.25, 0.3) is 11.3 Å². The standard InChI is InChI=1S/C26H31N3O3/c1-7-31-22-12-19-11-18(6)29-21(20(19)13-23(22)32-8-2)14-24(28-26(29)30)27-25-16(4)9-15(3)10-17(25)5/h9-10,12-14,18H,7-8,11H2,1-6H3,(H,27,28,30). The van der Waals surface area contributed by atoms with E-state index in [1.807, 2.05) is 32.9 Å². The van der Waals surface area contributed by atoms with E-state index in [2.05, 4.69) is 49.3 Å². The van der Waals surface area contributed by atoms with Crippen LogP contribution in [0.4, 0.5) is 11.5 Å². The molecular weight excluding hydrogens is 402 g/mol. The van der Waals surface area contributed by atoms with E-state index in [0.29, 0.717) is 24.8 Å². The monoisotopic (exact) mass is 433 g/mol. The maximum absolute atomic E-state index is 13.1. The molecule has 4 rings (SSSR count). The highest BCUT2D eigenvalue weighted by Crippen LogP contribution is 2.41. The Balaban J connectivity index is 1.85. The zero-order chi connectivity index (χ0) is 23.0. The van der Waals surface area contributed by atoms with Crippen LogP contribution < -0.4 is 20.5 Å². The van der Waals surface area contributed by atoms with Gasteiger partial charge in [0.25, 0.3) is 0 Å². The summed E-state index contributed by atoms with van der Waals surface area (Å²) in [6.45, 7) is 13.3. The summed E-state index contributed by atoms with van der Waals surface area (Å²) < 4.78 is 13.5. The summed E-state index contributed by atoms with van der Waals surface area (Å²) in [6, 6.07) is 10.3. The minimum Gasteiger partial charge on any atom is -0.490 e. The van der Waals surface area contributed by atoms with Gasteiger partial charge in [0, 0.05) is 23.4 Å². The van der Waals surface area contributed by atoms with Crippen molar-refractivity contribution in [2.24, 2.45) is 0 Å². The second-order valence-corrected chi connectivity index (χ2v) is 8.45. The number of rotatable bonds is 6. The summed E-state index contributed by atoms with van der Waals surface area (Å²) in [5.74, 6) is 1.98. The molecule has 0 aliphatic carbocycles. The molecule has 1 N–H and O–H groups in total. The van der Waals surface area contributed by atoms with Crippen molar-refractivity contribution in [1.29, 1.82) is 0 Å². The van der Waals surface area contributed by atoms with Crippen LogP contribution in [0.5, 0.6) is 11.5 Å². The number of benzene rings is 2. The molecule has 2 heterocycles. The van der Waals surface area contributed by atoms with Gasteiger partial charge in [-0.1, -0.05) is 17.7 Å². The smallest absolute Gasteiger partial charge is 0.350 e. The zero-order valence-corrected chi connectivity index (χ0v) is 19.7. The van der Waals surface area contributed by atoms with Crippen LogP contribution in [0, 0.1) is 20.8 Å². The van der Waals surface area contributed by atoms with E-state index in [0.717, 1.165) is 45.8 Å². The molecule has 0 amide bonds. The molecule has 0 saturated heterocycles. The molecule has 1 unspecified atom stereocenters. The van der Waals surface area contributed by atoms with Gasteiger partial charge in [-0.05, 0) is 76.8 Å². The van der Waals surface area contributed by atoms with Crippen molar-refractivity contribution in [3.05, 3.63) is 63.1 Å². The zero-order valence-electron chi connectivity index (χ0n) is 19.7. The number of aryl methyl sites for hydroxylation is 3. The largest absolute Gasteiger partial charge is 0.490 e. The average Bonchev–Trinajstić information content (AvgIpc) is 2.71. The van der Waals surface area contributed by atoms with E-state index in [1.54, 1.807) is 4.57 Å². The molecule has 1 aliphatic heterocycles. The maximum Gasteiger partial charge on any atom is 0.350 e. The molecule has 6 nitrogen and oxygen atoms in total. The van der Waals surface area contributed by atoms with Gasteiger partial charge in [0.05, 0.1) is 18.9 Å². The molecule has 1 aromatic heterocycles. The van der Waals surface area contributed by atoms with E-state index in [9.17, 15) is 4.79 Å². The summed E-state index contributed by atoms with van der Waals surface area (Å²) in [6.07, 6.45) is 0.735. The molecule has 6 heteroatoms. The van der Waals surface area contributed by atoms with Crippen LogP contribution in [-0.4, -0.2) is 22.8 Å². The number of aromatic nitrogens is 2. The fourth-order valence-corrected chi connectivity index (χ4v) is 4.65. The third-order valence-corrected chi connectivity index (χ3v) is 5.89. The summed E-state index contributed by atoms with van der Waals surface area (Å²) in [5, 5.41) is 3.40. The lowest BCUT2D eigenvalue weighted by molar-refractivity contribution is 0.287. The molecular formula is C26H31N3O3. The second-order valence-electron chi connectivity index (χ2n) is 8.45. The highest BCUT2D eigenvalue weighted by Gasteiger charge is 2.26. The summed E-state index contributed by atoms with van der Waals surface area (Å²) >= 11 is 0. The number of nitrogens with one attached hydrogen (secondary N) is 1. The van der Waals surface area contributed by atoms with E-state index in [4.69, 9.17) is 9.47 Å². The highest BCUT2D eigenvalue weighted by atomic mass is 16.5. The first-order valence-corrected chi connectivity index (χ1v) is 11.2. The lowest BCUT2D eigenvalue weighted by Gasteiger charge is -2.28. The molecule has 32 heavy (non-hydrogen) atoms. The molecule has 0 radical (unpaired) electrons. The Kier molecular flexibility index (Phi) is 5.96. The molecule has 1 aliphatic rings. The fraction of sp³-hybridized carbons (Fsp3) is 0.385. The first-order chi connectivity index (χ1) is 15.3. The van der Waals surface area contributed by atoms with Gasteiger partial charge in [-0.3, -0.25) is 4.57 Å². The summed E-state index contributed by atoms with van der Waals surface area (Å²) in [5.41, 5.74) is 7.15. The van der Waals surface area contributed by atoms with Gasteiger partial charge in [0.15, 0.2) is 11.5 Å². The second kappa shape index (κ2) is 8.69. The Bertz CT molecular complexity index is 1210. The van der Waals surface area contributed by atoms with Gasteiger partial charge >= 0.3 is 5.69 Å². The van der Waals surface area contributed by atoms with Crippen molar-refractivity contribution >= 4 is 11.5 Å². The van der Waals surface area contributed by atoms with Crippen LogP contribution in [0.1, 0.15) is 49.1 Å². The van der Waals surface area contributed by atoms with Crippen LogP contribution >= 0.6 is 0 Å². The number of fused-ring (bicyclic) bond motifs is 3. The minimum atomic E-state index is -0.252. The van der Waals surface area contributed by atoms with Gasteiger partial charge in [-0.25, -0.2) is 4.79 Å². The Morgan fingerprint density at radius 1 is 1.00 bits per heavy atom. The lowest BCUT2D eigenvalue weighted by Crippen LogP contribution is -2.31. The van der Waals surface area contributed by atoms with Gasteiger partial charge in [0.1, 0.15) is 5.82 Å². The Morgan fingerprint density at radius 2 is 1.62 bits per heavy atom. The van der Waals surface area contributed by atoms with Crippen LogP contribution in [-0.2, 0) is 6.42 Å². The van der Waals surface area contributed by atoms with Crippen LogP contribution in [0.2, 0.25) is 0 Å². The number of hydrogen-bond donors (Lipinski definition) is 1. The van der Waals surface area contributed by atoms with Crippen molar-refractivity contribution in [2.45, 2.75) is 54.0 Å². The van der Waals surface area contributed by atoms with E-state index < -0.39 is 0 Å². The lowest BCUT2D eigenvalue weighted by atomic mass is 9.93. The van der Waals surface area contributed by atoms with Gasteiger partial charge in [-0.15, -0.1) is 0 Å². The Morgan fingerprint density at radius 3 is 2.25 bits per heavy atom. The molecule has 2 aromatic carbocycles. The van der Waals surface area contributed by atoms with Crippen molar-refractivity contribution in [3.8, 4) is 22.8 Å². The topological polar surface area (TPSA) is 65.4 Å². The molecule has 0 bridgehead atoms. The predicted molar refractivity (Wildman–Crippen MR) is 129 cm³/mol. The number of hydrogen-bond acceptors (Lipinski definition) is 5. The van der Waals surface area contributed by atoms with Crippen molar-refractivity contribution in [3.63, 3.8) is 0 Å². The first-order valence-electron chi connectivity index (χ1n) is 11.2. The Labute approximate surface area is 189 Å². The molecule has 0 saturated carbocycles. The summed E-state index contributed by atoms with van der Waals surface area (Å²) in [7, 11) is 0. The first kappa shape index (κ1) is 21.9. The number of ether oxygens (including phenoxy) is 2. The van der Waals surface area contributed by atoms with E-state index >= 15 is 0 Å². The molecule has 1 atom stereocenters. The Hall–Kier alpha value is -3.28. The maximum atomic E-state index is 13.1. The van der Waals surface area contributed by atoms with Gasteiger partial charge < -0.3 is 14.8 Å². The van der Waals surface area contributed by atoms with Gasteiger partial charge in [-0.2, -0.15) is 4.98 Å². The number of anilines is 2. The van der Waals surface area contributed by atoms with E-state index in [1.165, 1.54) is 5.56 Å². The third-order valence-electron chi connectivity index (χ3n) is 5.89. The molecule has 168 valence electrons. The third kappa shape index (κ3) is 3.97.